The molecule has 1 amide bonds. The molecule has 3 aromatic rings. The first kappa shape index (κ1) is 13.4. The average Bonchev–Trinajstić information content (AvgIpc) is 2.80. The molecular weight excluding hydrogens is 262 g/mol. The zero-order valence-corrected chi connectivity index (χ0v) is 12.1. The van der Waals surface area contributed by atoms with Crippen LogP contribution >= 0.6 is 0 Å². The molecule has 21 heavy (non-hydrogen) atoms. The number of hydrogen-bond acceptors (Lipinski definition) is 2. The Labute approximate surface area is 123 Å². The van der Waals surface area contributed by atoms with Gasteiger partial charge in [-0.25, -0.2) is 5.43 Å². The van der Waals surface area contributed by atoms with Crippen molar-refractivity contribution >= 4 is 33.9 Å². The van der Waals surface area contributed by atoms with Crippen molar-refractivity contribution in [3.63, 3.8) is 0 Å². The molecule has 0 saturated heterocycles. The summed E-state index contributed by atoms with van der Waals surface area (Å²) in [6.45, 7) is 4.52. The number of nitrogens with one attached hydrogen (secondary N) is 1. The van der Waals surface area contributed by atoms with E-state index in [2.05, 4.69) is 58.4 Å². The van der Waals surface area contributed by atoms with Crippen molar-refractivity contribution in [2.45, 2.75) is 20.4 Å². The van der Waals surface area contributed by atoms with E-state index in [0.717, 1.165) is 12.1 Å². The number of amides is 1. The summed E-state index contributed by atoms with van der Waals surface area (Å²) in [6, 6.07) is 14.6. The number of hydrogen-bond donors (Lipinski definition) is 1. The zero-order valence-electron chi connectivity index (χ0n) is 12.1. The van der Waals surface area contributed by atoms with Crippen LogP contribution < -0.4 is 5.43 Å². The highest BCUT2D eigenvalue weighted by atomic mass is 16.2. The van der Waals surface area contributed by atoms with Gasteiger partial charge >= 0.3 is 0 Å². The van der Waals surface area contributed by atoms with E-state index in [-0.39, 0.29) is 5.91 Å². The maximum absolute atomic E-state index is 10.8. The van der Waals surface area contributed by atoms with Crippen LogP contribution in [0.2, 0.25) is 0 Å². The summed E-state index contributed by atoms with van der Waals surface area (Å²) in [5.41, 5.74) is 5.85. The molecule has 0 aliphatic heterocycles. The van der Waals surface area contributed by atoms with Gasteiger partial charge < -0.3 is 4.57 Å². The maximum atomic E-state index is 10.8. The van der Waals surface area contributed by atoms with Crippen LogP contribution in [0.15, 0.2) is 47.6 Å². The van der Waals surface area contributed by atoms with Gasteiger partial charge in [-0.1, -0.05) is 24.3 Å². The van der Waals surface area contributed by atoms with Crippen molar-refractivity contribution in [2.75, 3.05) is 0 Å². The molecule has 0 radical (unpaired) electrons. The molecule has 1 heterocycles. The van der Waals surface area contributed by atoms with E-state index in [1.807, 2.05) is 6.07 Å². The molecular formula is C17H17N3O. The highest BCUT2D eigenvalue weighted by Gasteiger charge is 2.08. The van der Waals surface area contributed by atoms with Crippen LogP contribution in [0.1, 0.15) is 19.4 Å². The summed E-state index contributed by atoms with van der Waals surface area (Å²) in [5, 5.41) is 6.37. The van der Waals surface area contributed by atoms with Gasteiger partial charge in [0.2, 0.25) is 5.91 Å². The minimum absolute atomic E-state index is 0.171. The number of hydrazone groups is 1. The molecule has 0 aliphatic carbocycles. The van der Waals surface area contributed by atoms with Gasteiger partial charge in [0.1, 0.15) is 0 Å². The Morgan fingerprint density at radius 3 is 2.71 bits per heavy atom. The second-order valence-corrected chi connectivity index (χ2v) is 4.96. The number of carbonyl (C=O) groups excluding carboxylic acids is 1. The van der Waals surface area contributed by atoms with Gasteiger partial charge in [-0.2, -0.15) is 5.10 Å². The lowest BCUT2D eigenvalue weighted by Gasteiger charge is -2.02. The van der Waals surface area contributed by atoms with E-state index in [1.54, 1.807) is 6.21 Å². The van der Waals surface area contributed by atoms with Crippen LogP contribution in [0.3, 0.4) is 0 Å². The van der Waals surface area contributed by atoms with E-state index in [0.29, 0.717) is 0 Å². The van der Waals surface area contributed by atoms with Gasteiger partial charge in [0.05, 0.1) is 6.21 Å². The Hall–Kier alpha value is -2.62. The molecule has 3 rings (SSSR count). The molecule has 106 valence electrons. The molecule has 0 fully saturated rings. The molecule has 0 unspecified atom stereocenters. The molecule has 1 N–H and O–H groups in total. The molecule has 1 aromatic heterocycles. The Bertz CT molecular complexity index is 846. The summed E-state index contributed by atoms with van der Waals surface area (Å²) in [7, 11) is 0. The van der Waals surface area contributed by atoms with Crippen LogP contribution in [-0.4, -0.2) is 16.7 Å². The predicted molar refractivity (Wildman–Crippen MR) is 86.5 cm³/mol. The van der Waals surface area contributed by atoms with Gasteiger partial charge in [-0.05, 0) is 30.7 Å². The van der Waals surface area contributed by atoms with E-state index in [4.69, 9.17) is 0 Å². The third-order valence-electron chi connectivity index (χ3n) is 3.55. The number of fused-ring (bicyclic) bond motifs is 3. The Kier molecular flexibility index (Phi) is 3.44. The SMILES string of the molecule is CCn1c2ccccc2c2cc(/C=N\NC(C)=O)ccc21. The number of para-hydroxylation sites is 1. The first-order valence-electron chi connectivity index (χ1n) is 7.01. The summed E-state index contributed by atoms with van der Waals surface area (Å²) < 4.78 is 2.30. The number of carbonyl (C=O) groups is 1. The summed E-state index contributed by atoms with van der Waals surface area (Å²) in [6.07, 6.45) is 1.67. The fraction of sp³-hybridized carbons (Fsp3) is 0.176. The molecule has 0 atom stereocenters. The van der Waals surface area contributed by atoms with Crippen molar-refractivity contribution in [3.05, 3.63) is 48.0 Å². The minimum atomic E-state index is -0.171. The summed E-state index contributed by atoms with van der Waals surface area (Å²) in [4.78, 5) is 10.8. The highest BCUT2D eigenvalue weighted by molar-refractivity contribution is 6.09. The maximum Gasteiger partial charge on any atom is 0.236 e. The Balaban J connectivity index is 2.15. The smallest absolute Gasteiger partial charge is 0.236 e. The fourth-order valence-electron chi connectivity index (χ4n) is 2.69. The number of benzene rings is 2. The Morgan fingerprint density at radius 1 is 1.19 bits per heavy atom. The topological polar surface area (TPSA) is 46.4 Å². The lowest BCUT2D eigenvalue weighted by atomic mass is 10.1. The number of aryl methyl sites for hydroxylation is 1. The zero-order chi connectivity index (χ0) is 14.8. The molecule has 2 aromatic carbocycles. The fourth-order valence-corrected chi connectivity index (χ4v) is 2.69. The number of nitrogens with zero attached hydrogens (tertiary/aromatic N) is 2. The van der Waals surface area contributed by atoms with Gasteiger partial charge in [0.25, 0.3) is 0 Å². The summed E-state index contributed by atoms with van der Waals surface area (Å²) in [5.74, 6) is -0.171. The quantitative estimate of drug-likeness (QED) is 0.580. The lowest BCUT2D eigenvalue weighted by Crippen LogP contribution is -2.12. The molecule has 0 spiro atoms. The van der Waals surface area contributed by atoms with Gasteiger partial charge in [-0.15, -0.1) is 0 Å². The van der Waals surface area contributed by atoms with E-state index >= 15 is 0 Å². The monoisotopic (exact) mass is 279 g/mol. The van der Waals surface area contributed by atoms with E-state index in [1.165, 1.54) is 28.7 Å². The standard InChI is InChI=1S/C17H17N3O/c1-3-20-16-7-5-4-6-14(16)15-10-13(8-9-17(15)20)11-18-19-12(2)21/h4-11H,3H2,1-2H3,(H,19,21)/b18-11-. The lowest BCUT2D eigenvalue weighted by molar-refractivity contribution is -0.118. The van der Waals surface area contributed by atoms with Crippen LogP contribution in [-0.2, 0) is 11.3 Å². The number of aromatic nitrogens is 1. The molecule has 4 heteroatoms. The molecule has 4 nitrogen and oxygen atoms in total. The number of rotatable bonds is 3. The van der Waals surface area contributed by atoms with Gasteiger partial charge in [0, 0.05) is 35.3 Å². The Morgan fingerprint density at radius 2 is 1.95 bits per heavy atom. The third kappa shape index (κ3) is 2.40. The van der Waals surface area contributed by atoms with E-state index in [9.17, 15) is 4.79 Å². The highest BCUT2D eigenvalue weighted by Crippen LogP contribution is 2.29. The van der Waals surface area contributed by atoms with Crippen LogP contribution in [0, 0.1) is 0 Å². The third-order valence-corrected chi connectivity index (χ3v) is 3.55. The van der Waals surface area contributed by atoms with Crippen molar-refractivity contribution < 1.29 is 4.79 Å². The van der Waals surface area contributed by atoms with Crippen molar-refractivity contribution in [1.82, 2.24) is 9.99 Å². The molecule has 0 aliphatic rings. The molecule has 0 saturated carbocycles. The van der Waals surface area contributed by atoms with Gasteiger partial charge in [0.15, 0.2) is 0 Å². The van der Waals surface area contributed by atoms with Crippen LogP contribution in [0.4, 0.5) is 0 Å². The predicted octanol–water partition coefficient (Wildman–Crippen LogP) is 3.28. The van der Waals surface area contributed by atoms with Crippen molar-refractivity contribution in [3.8, 4) is 0 Å². The van der Waals surface area contributed by atoms with Crippen molar-refractivity contribution in [1.29, 1.82) is 0 Å². The molecule has 0 bridgehead atoms. The second kappa shape index (κ2) is 5.40. The first-order valence-corrected chi connectivity index (χ1v) is 7.01. The summed E-state index contributed by atoms with van der Waals surface area (Å²) >= 11 is 0. The second-order valence-electron chi connectivity index (χ2n) is 4.96. The van der Waals surface area contributed by atoms with Crippen molar-refractivity contribution in [2.24, 2.45) is 5.10 Å². The van der Waals surface area contributed by atoms with Crippen LogP contribution in [0.25, 0.3) is 21.8 Å². The normalized spacial score (nSPS) is 11.5. The van der Waals surface area contributed by atoms with Crippen LogP contribution in [0.5, 0.6) is 0 Å². The van der Waals surface area contributed by atoms with E-state index < -0.39 is 0 Å². The minimum Gasteiger partial charge on any atom is -0.341 e. The largest absolute Gasteiger partial charge is 0.341 e. The first-order chi connectivity index (χ1) is 10.2. The average molecular weight is 279 g/mol. The van der Waals surface area contributed by atoms with Gasteiger partial charge in [-0.3, -0.25) is 4.79 Å².